The summed E-state index contributed by atoms with van der Waals surface area (Å²) in [5, 5.41) is 12.6. The van der Waals surface area contributed by atoms with Gasteiger partial charge in [0.1, 0.15) is 11.6 Å². The van der Waals surface area contributed by atoms with Crippen LogP contribution in [0.2, 0.25) is 0 Å². The van der Waals surface area contributed by atoms with Gasteiger partial charge in [-0.15, -0.1) is 0 Å². The van der Waals surface area contributed by atoms with Crippen molar-refractivity contribution in [1.82, 2.24) is 9.88 Å². The molecule has 1 saturated carbocycles. The van der Waals surface area contributed by atoms with Crippen LogP contribution in [0.5, 0.6) is 0 Å². The van der Waals surface area contributed by atoms with E-state index in [1.54, 1.807) is 6.08 Å². The van der Waals surface area contributed by atoms with Crippen LogP contribution in [0, 0.1) is 25.2 Å². The molecule has 4 rings (SSSR count). The van der Waals surface area contributed by atoms with Crippen molar-refractivity contribution in [1.29, 1.82) is 5.26 Å². The zero-order valence-electron chi connectivity index (χ0n) is 17.8. The molecule has 1 aliphatic carbocycles. The number of aryl methyl sites for hydroxylation is 1. The van der Waals surface area contributed by atoms with Crippen molar-refractivity contribution < 1.29 is 9.53 Å². The van der Waals surface area contributed by atoms with Gasteiger partial charge < -0.3 is 14.6 Å². The molecular formula is C25H29N3O2. The number of hydrogen-bond donors (Lipinski definition) is 1. The molecule has 1 N–H and O–H groups in total. The van der Waals surface area contributed by atoms with Crippen LogP contribution < -0.4 is 5.32 Å². The van der Waals surface area contributed by atoms with Crippen LogP contribution >= 0.6 is 0 Å². The molecular weight excluding hydrogens is 374 g/mol. The highest BCUT2D eigenvalue weighted by Gasteiger charge is 2.44. The lowest BCUT2D eigenvalue weighted by Crippen LogP contribution is -2.32. The molecule has 0 bridgehead atoms. The molecule has 1 aromatic heterocycles. The number of nitriles is 1. The topological polar surface area (TPSA) is 67.0 Å². The van der Waals surface area contributed by atoms with E-state index in [9.17, 15) is 10.1 Å². The molecule has 1 aliphatic heterocycles. The van der Waals surface area contributed by atoms with Crippen LogP contribution in [-0.4, -0.2) is 29.7 Å². The number of hydrogen-bond acceptors (Lipinski definition) is 3. The second-order valence-electron chi connectivity index (χ2n) is 8.57. The Hall–Kier alpha value is -2.84. The Morgan fingerprint density at radius 3 is 2.73 bits per heavy atom. The summed E-state index contributed by atoms with van der Waals surface area (Å²) in [6, 6.07) is 14.4. The standard InChI is InChI=1S/C25H29N3O2/c1-18-13-20(19(2)28(18)16-23-9-6-12-30-23)14-21(15-26)24(29)27-17-25(10-11-25)22-7-4-3-5-8-22/h3-5,7-8,13-14,23H,6,9-12,16-17H2,1-2H3,(H,27,29)/b21-14+. The van der Waals surface area contributed by atoms with Crippen molar-refractivity contribution in [3.8, 4) is 6.07 Å². The van der Waals surface area contributed by atoms with Crippen molar-refractivity contribution in [2.24, 2.45) is 0 Å². The van der Waals surface area contributed by atoms with Gasteiger partial charge in [0.05, 0.1) is 6.10 Å². The normalized spacial score (nSPS) is 20.0. The predicted molar refractivity (Wildman–Crippen MR) is 117 cm³/mol. The maximum absolute atomic E-state index is 12.7. The number of benzene rings is 1. The lowest BCUT2D eigenvalue weighted by Gasteiger charge is -2.16. The highest BCUT2D eigenvalue weighted by atomic mass is 16.5. The second kappa shape index (κ2) is 8.49. The molecule has 5 heteroatoms. The largest absolute Gasteiger partial charge is 0.376 e. The molecule has 0 spiro atoms. The van der Waals surface area contributed by atoms with E-state index in [1.165, 1.54) is 5.56 Å². The molecule has 2 heterocycles. The Bertz CT molecular complexity index is 987. The minimum absolute atomic E-state index is 0.0224. The SMILES string of the molecule is Cc1cc(/C=C(\C#N)C(=O)NCC2(c3ccccc3)CC2)c(C)n1CC1CCCO1. The summed E-state index contributed by atoms with van der Waals surface area (Å²) in [4.78, 5) is 12.7. The first-order chi connectivity index (χ1) is 14.5. The number of aromatic nitrogens is 1. The van der Waals surface area contributed by atoms with E-state index in [0.717, 1.165) is 55.8 Å². The van der Waals surface area contributed by atoms with Crippen molar-refractivity contribution >= 4 is 12.0 Å². The van der Waals surface area contributed by atoms with Gasteiger partial charge in [0.15, 0.2) is 0 Å². The van der Waals surface area contributed by atoms with Gasteiger partial charge in [-0.25, -0.2) is 0 Å². The molecule has 2 aromatic rings. The van der Waals surface area contributed by atoms with Crippen molar-refractivity contribution in [3.63, 3.8) is 0 Å². The van der Waals surface area contributed by atoms with Crippen molar-refractivity contribution in [2.75, 3.05) is 13.2 Å². The van der Waals surface area contributed by atoms with Gasteiger partial charge in [0.2, 0.25) is 0 Å². The number of ether oxygens (including phenoxy) is 1. The summed E-state index contributed by atoms with van der Waals surface area (Å²) < 4.78 is 8.00. The Balaban J connectivity index is 1.46. The van der Waals surface area contributed by atoms with Crippen molar-refractivity contribution in [2.45, 2.75) is 57.6 Å². The summed E-state index contributed by atoms with van der Waals surface area (Å²) in [6.45, 7) is 6.31. The van der Waals surface area contributed by atoms with Crippen LogP contribution in [0.25, 0.3) is 6.08 Å². The van der Waals surface area contributed by atoms with E-state index in [0.29, 0.717) is 6.54 Å². The van der Waals surface area contributed by atoms with Crippen molar-refractivity contribution in [3.05, 3.63) is 64.5 Å². The van der Waals surface area contributed by atoms with E-state index in [1.807, 2.05) is 31.2 Å². The van der Waals surface area contributed by atoms with E-state index >= 15 is 0 Å². The molecule has 0 radical (unpaired) electrons. The number of nitrogens with one attached hydrogen (secondary N) is 1. The van der Waals surface area contributed by atoms with Gasteiger partial charge >= 0.3 is 0 Å². The molecule has 30 heavy (non-hydrogen) atoms. The molecule has 1 unspecified atom stereocenters. The Kier molecular flexibility index (Phi) is 5.78. The first-order valence-electron chi connectivity index (χ1n) is 10.8. The number of amides is 1. The first kappa shape index (κ1) is 20.4. The summed E-state index contributed by atoms with van der Waals surface area (Å²) in [7, 11) is 0. The highest BCUT2D eigenvalue weighted by Crippen LogP contribution is 2.47. The Morgan fingerprint density at radius 2 is 2.10 bits per heavy atom. The number of rotatable bonds is 7. The minimum atomic E-state index is -0.302. The molecule has 1 saturated heterocycles. The maximum Gasteiger partial charge on any atom is 0.261 e. The zero-order valence-corrected chi connectivity index (χ0v) is 17.8. The maximum atomic E-state index is 12.7. The average molecular weight is 404 g/mol. The van der Waals surface area contributed by atoms with Gasteiger partial charge in [-0.3, -0.25) is 4.79 Å². The minimum Gasteiger partial charge on any atom is -0.376 e. The molecule has 1 atom stereocenters. The third kappa shape index (κ3) is 4.20. The quantitative estimate of drug-likeness (QED) is 0.560. The Morgan fingerprint density at radius 1 is 1.33 bits per heavy atom. The fourth-order valence-corrected chi connectivity index (χ4v) is 4.41. The van der Waals surface area contributed by atoms with Gasteiger partial charge in [-0.1, -0.05) is 30.3 Å². The summed E-state index contributed by atoms with van der Waals surface area (Å²) in [6.07, 6.45) is 6.28. The fraction of sp³-hybridized carbons (Fsp3) is 0.440. The third-order valence-corrected chi connectivity index (χ3v) is 6.51. The molecule has 2 fully saturated rings. The average Bonchev–Trinajstić information content (AvgIpc) is 3.29. The molecule has 1 aromatic carbocycles. The second-order valence-corrected chi connectivity index (χ2v) is 8.57. The summed E-state index contributed by atoms with van der Waals surface area (Å²) >= 11 is 0. The molecule has 5 nitrogen and oxygen atoms in total. The van der Waals surface area contributed by atoms with Crippen LogP contribution in [0.15, 0.2) is 42.0 Å². The van der Waals surface area contributed by atoms with Crippen LogP contribution in [0.3, 0.4) is 0 Å². The molecule has 156 valence electrons. The predicted octanol–water partition coefficient (Wildman–Crippen LogP) is 4.04. The van der Waals surface area contributed by atoms with Crippen LogP contribution in [0.4, 0.5) is 0 Å². The van der Waals surface area contributed by atoms with Gasteiger partial charge in [-0.05, 0) is 62.8 Å². The van der Waals surface area contributed by atoms with Gasteiger partial charge in [-0.2, -0.15) is 5.26 Å². The first-order valence-corrected chi connectivity index (χ1v) is 10.8. The molecule has 1 amide bonds. The molecule has 2 aliphatic rings. The lowest BCUT2D eigenvalue weighted by molar-refractivity contribution is -0.117. The summed E-state index contributed by atoms with van der Waals surface area (Å²) in [5.74, 6) is -0.302. The monoisotopic (exact) mass is 403 g/mol. The fourth-order valence-electron chi connectivity index (χ4n) is 4.41. The smallest absolute Gasteiger partial charge is 0.261 e. The Labute approximate surface area is 178 Å². The lowest BCUT2D eigenvalue weighted by atomic mass is 9.96. The van der Waals surface area contributed by atoms with E-state index in [-0.39, 0.29) is 23.0 Å². The van der Waals surface area contributed by atoms with E-state index < -0.39 is 0 Å². The summed E-state index contributed by atoms with van der Waals surface area (Å²) in [5.41, 5.74) is 4.52. The third-order valence-electron chi connectivity index (χ3n) is 6.51. The number of carbonyl (C=O) groups excluding carboxylic acids is 1. The van der Waals surface area contributed by atoms with Crippen LogP contribution in [0.1, 0.15) is 48.2 Å². The van der Waals surface area contributed by atoms with E-state index in [2.05, 4.69) is 35.0 Å². The zero-order chi connectivity index (χ0) is 21.1. The van der Waals surface area contributed by atoms with Crippen LogP contribution in [-0.2, 0) is 21.5 Å². The van der Waals surface area contributed by atoms with Gasteiger partial charge in [0, 0.05) is 36.5 Å². The van der Waals surface area contributed by atoms with E-state index in [4.69, 9.17) is 4.74 Å². The number of carbonyl (C=O) groups is 1. The number of nitrogens with zero attached hydrogens (tertiary/aromatic N) is 2. The highest BCUT2D eigenvalue weighted by molar-refractivity contribution is 6.01. The van der Waals surface area contributed by atoms with Gasteiger partial charge in [0.25, 0.3) is 5.91 Å².